The Labute approximate surface area is 165 Å². The standard InChI is InChI=1S/C21H28N2O5/c1-4-26-20(24)8-6-5-7-13-22-21(25)17-9-11-18(12-10-17)27-14-19-15(2)23-28-16(19)3/h9-12H,4-8,13-14H2,1-3H3,(H,22,25). The van der Waals surface area contributed by atoms with E-state index in [9.17, 15) is 9.59 Å². The molecule has 28 heavy (non-hydrogen) atoms. The highest BCUT2D eigenvalue weighted by Gasteiger charge is 2.10. The van der Waals surface area contributed by atoms with Crippen molar-refractivity contribution in [3.05, 3.63) is 46.8 Å². The lowest BCUT2D eigenvalue weighted by atomic mass is 10.1. The zero-order valence-electron chi connectivity index (χ0n) is 16.7. The average molecular weight is 388 g/mol. The van der Waals surface area contributed by atoms with E-state index in [-0.39, 0.29) is 11.9 Å². The normalized spacial score (nSPS) is 10.5. The molecule has 0 bridgehead atoms. The minimum atomic E-state index is -0.164. The summed E-state index contributed by atoms with van der Waals surface area (Å²) in [6.45, 7) is 6.89. The van der Waals surface area contributed by atoms with Crippen molar-refractivity contribution in [3.63, 3.8) is 0 Å². The summed E-state index contributed by atoms with van der Waals surface area (Å²) >= 11 is 0. The molecule has 0 unspecified atom stereocenters. The molecule has 0 aliphatic rings. The third kappa shape index (κ3) is 6.72. The van der Waals surface area contributed by atoms with Crippen molar-refractivity contribution in [1.82, 2.24) is 10.5 Å². The largest absolute Gasteiger partial charge is 0.489 e. The molecule has 7 heteroatoms. The monoisotopic (exact) mass is 388 g/mol. The first-order valence-corrected chi connectivity index (χ1v) is 9.59. The fraction of sp³-hybridized carbons (Fsp3) is 0.476. The maximum atomic E-state index is 12.2. The van der Waals surface area contributed by atoms with E-state index in [1.54, 1.807) is 31.2 Å². The van der Waals surface area contributed by atoms with Crippen LogP contribution in [0.3, 0.4) is 0 Å². The number of ether oxygens (including phenoxy) is 2. The van der Waals surface area contributed by atoms with Crippen molar-refractivity contribution < 1.29 is 23.6 Å². The molecule has 1 aromatic carbocycles. The number of nitrogens with zero attached hydrogens (tertiary/aromatic N) is 1. The Balaban J connectivity index is 1.68. The van der Waals surface area contributed by atoms with E-state index >= 15 is 0 Å². The lowest BCUT2D eigenvalue weighted by molar-refractivity contribution is -0.143. The Hall–Kier alpha value is -2.83. The molecule has 1 heterocycles. The van der Waals surface area contributed by atoms with Crippen LogP contribution in [0, 0.1) is 13.8 Å². The van der Waals surface area contributed by atoms with Crippen LogP contribution in [-0.4, -0.2) is 30.2 Å². The zero-order valence-corrected chi connectivity index (χ0v) is 16.7. The number of unbranched alkanes of at least 4 members (excludes halogenated alkanes) is 2. The van der Waals surface area contributed by atoms with Gasteiger partial charge in [-0.1, -0.05) is 11.6 Å². The molecule has 7 nitrogen and oxygen atoms in total. The van der Waals surface area contributed by atoms with Gasteiger partial charge >= 0.3 is 5.97 Å². The van der Waals surface area contributed by atoms with Gasteiger partial charge in [0.2, 0.25) is 0 Å². The van der Waals surface area contributed by atoms with E-state index < -0.39 is 0 Å². The molecule has 1 amide bonds. The highest BCUT2D eigenvalue weighted by atomic mass is 16.5. The van der Waals surface area contributed by atoms with Gasteiger partial charge in [-0.05, 0) is 57.9 Å². The van der Waals surface area contributed by atoms with E-state index in [1.807, 2.05) is 13.8 Å². The molecule has 2 aromatic rings. The molecule has 0 saturated heterocycles. The first kappa shape index (κ1) is 21.5. The molecule has 0 atom stereocenters. The number of aryl methyl sites for hydroxylation is 2. The number of carbonyl (C=O) groups excluding carboxylic acids is 2. The molecule has 0 aliphatic carbocycles. The number of carbonyl (C=O) groups is 2. The molecule has 1 N–H and O–H groups in total. The molecule has 152 valence electrons. The highest BCUT2D eigenvalue weighted by molar-refractivity contribution is 5.94. The summed E-state index contributed by atoms with van der Waals surface area (Å²) in [5.41, 5.74) is 2.33. The lowest BCUT2D eigenvalue weighted by Gasteiger charge is -2.08. The predicted molar refractivity (Wildman–Crippen MR) is 104 cm³/mol. The van der Waals surface area contributed by atoms with Gasteiger partial charge in [0.15, 0.2) is 0 Å². The van der Waals surface area contributed by atoms with Crippen molar-refractivity contribution in [3.8, 4) is 5.75 Å². The van der Waals surface area contributed by atoms with Gasteiger partial charge in [-0.25, -0.2) is 0 Å². The molecule has 2 rings (SSSR count). The Bertz CT molecular complexity index is 748. The maximum absolute atomic E-state index is 12.2. The molecule has 0 spiro atoms. The summed E-state index contributed by atoms with van der Waals surface area (Å²) in [7, 11) is 0. The number of hydrogen-bond acceptors (Lipinski definition) is 6. The molecule has 0 fully saturated rings. The molecular weight excluding hydrogens is 360 g/mol. The van der Waals surface area contributed by atoms with Gasteiger partial charge in [-0.3, -0.25) is 9.59 Å². The van der Waals surface area contributed by atoms with Gasteiger partial charge in [0.05, 0.1) is 17.9 Å². The van der Waals surface area contributed by atoms with E-state index in [0.29, 0.717) is 37.5 Å². The average Bonchev–Trinajstić information content (AvgIpc) is 3.01. The zero-order chi connectivity index (χ0) is 20.4. The van der Waals surface area contributed by atoms with Crippen LogP contribution >= 0.6 is 0 Å². The van der Waals surface area contributed by atoms with Crippen LogP contribution in [0.2, 0.25) is 0 Å². The van der Waals surface area contributed by atoms with Crippen LogP contribution in [0.5, 0.6) is 5.75 Å². The topological polar surface area (TPSA) is 90.7 Å². The molecule has 0 aliphatic heterocycles. The van der Waals surface area contributed by atoms with Crippen LogP contribution < -0.4 is 10.1 Å². The van der Waals surface area contributed by atoms with Crippen LogP contribution in [-0.2, 0) is 16.1 Å². The van der Waals surface area contributed by atoms with Crippen LogP contribution in [0.25, 0.3) is 0 Å². The fourth-order valence-electron chi connectivity index (χ4n) is 2.67. The van der Waals surface area contributed by atoms with Crippen molar-refractivity contribution in [2.45, 2.75) is 53.1 Å². The number of nitrogens with one attached hydrogen (secondary N) is 1. The third-order valence-corrected chi connectivity index (χ3v) is 4.33. The second-order valence-corrected chi connectivity index (χ2v) is 6.49. The number of rotatable bonds is 11. The number of amides is 1. The summed E-state index contributed by atoms with van der Waals surface area (Å²) in [6.07, 6.45) is 2.89. The first-order valence-electron chi connectivity index (χ1n) is 9.59. The second kappa shape index (κ2) is 11.1. The minimum absolute atomic E-state index is 0.123. The van der Waals surface area contributed by atoms with Gasteiger partial charge in [0.1, 0.15) is 18.1 Å². The first-order chi connectivity index (χ1) is 13.5. The van der Waals surface area contributed by atoms with Gasteiger partial charge in [0.25, 0.3) is 5.91 Å². The minimum Gasteiger partial charge on any atom is -0.489 e. The summed E-state index contributed by atoms with van der Waals surface area (Å²) in [6, 6.07) is 7.01. The van der Waals surface area contributed by atoms with E-state index in [1.165, 1.54) is 0 Å². The smallest absolute Gasteiger partial charge is 0.305 e. The molecule has 0 saturated carbocycles. The summed E-state index contributed by atoms with van der Waals surface area (Å²) in [5.74, 6) is 1.14. The number of benzene rings is 1. The summed E-state index contributed by atoms with van der Waals surface area (Å²) in [5, 5.41) is 6.78. The Morgan fingerprint density at radius 1 is 1.11 bits per heavy atom. The van der Waals surface area contributed by atoms with Crippen LogP contribution in [0.4, 0.5) is 0 Å². The predicted octanol–water partition coefficient (Wildman–Crippen LogP) is 3.72. The molecular formula is C21H28N2O5. The van der Waals surface area contributed by atoms with E-state index in [2.05, 4.69) is 10.5 Å². The number of esters is 1. The summed E-state index contributed by atoms with van der Waals surface area (Å²) in [4.78, 5) is 23.4. The molecule has 0 radical (unpaired) electrons. The number of aromatic nitrogens is 1. The third-order valence-electron chi connectivity index (χ3n) is 4.33. The van der Waals surface area contributed by atoms with Crippen molar-refractivity contribution in [2.75, 3.05) is 13.2 Å². The van der Waals surface area contributed by atoms with Crippen molar-refractivity contribution in [2.24, 2.45) is 0 Å². The van der Waals surface area contributed by atoms with E-state index in [0.717, 1.165) is 36.3 Å². The number of hydrogen-bond donors (Lipinski definition) is 1. The SMILES string of the molecule is CCOC(=O)CCCCCNC(=O)c1ccc(OCc2c(C)noc2C)cc1. The van der Waals surface area contributed by atoms with Gasteiger partial charge in [-0.15, -0.1) is 0 Å². The van der Waals surface area contributed by atoms with Gasteiger partial charge in [-0.2, -0.15) is 0 Å². The molecule has 1 aromatic heterocycles. The highest BCUT2D eigenvalue weighted by Crippen LogP contribution is 2.18. The summed E-state index contributed by atoms with van der Waals surface area (Å²) < 4.78 is 15.7. The van der Waals surface area contributed by atoms with Crippen LogP contribution in [0.15, 0.2) is 28.8 Å². The Morgan fingerprint density at radius 2 is 1.86 bits per heavy atom. The van der Waals surface area contributed by atoms with Crippen LogP contribution in [0.1, 0.15) is 60.0 Å². The van der Waals surface area contributed by atoms with Crippen molar-refractivity contribution >= 4 is 11.9 Å². The van der Waals surface area contributed by atoms with Crippen molar-refractivity contribution in [1.29, 1.82) is 0 Å². The maximum Gasteiger partial charge on any atom is 0.305 e. The fourth-order valence-corrected chi connectivity index (χ4v) is 2.67. The second-order valence-electron chi connectivity index (χ2n) is 6.49. The quantitative estimate of drug-likeness (QED) is 0.466. The lowest BCUT2D eigenvalue weighted by Crippen LogP contribution is -2.24. The van der Waals surface area contributed by atoms with Gasteiger partial charge < -0.3 is 19.3 Å². The Kier molecular flexibility index (Phi) is 8.52. The van der Waals surface area contributed by atoms with Gasteiger partial charge in [0, 0.05) is 18.5 Å². The van der Waals surface area contributed by atoms with E-state index in [4.69, 9.17) is 14.0 Å². The Morgan fingerprint density at radius 3 is 2.50 bits per heavy atom.